The molecule has 5 nitrogen and oxygen atoms in total. The lowest BCUT2D eigenvalue weighted by Gasteiger charge is -2.03. The van der Waals surface area contributed by atoms with E-state index in [9.17, 15) is 0 Å². The van der Waals surface area contributed by atoms with Crippen molar-refractivity contribution in [1.29, 1.82) is 0 Å². The molecule has 0 saturated heterocycles. The first kappa shape index (κ1) is 11.0. The Labute approximate surface area is 94.7 Å². The summed E-state index contributed by atoms with van der Waals surface area (Å²) in [7, 11) is 0. The average molecular weight is 219 g/mol. The van der Waals surface area contributed by atoms with Crippen LogP contribution in [0.2, 0.25) is 0 Å². The second kappa shape index (κ2) is 4.57. The molecule has 1 atom stereocenters. The van der Waals surface area contributed by atoms with E-state index in [1.165, 1.54) is 0 Å². The van der Waals surface area contributed by atoms with Gasteiger partial charge in [0.25, 0.3) is 0 Å². The molecular formula is C11H17N5. The van der Waals surface area contributed by atoms with Crippen LogP contribution in [0, 0.1) is 6.92 Å². The summed E-state index contributed by atoms with van der Waals surface area (Å²) in [4.78, 5) is 4.24. The van der Waals surface area contributed by atoms with Gasteiger partial charge in [0.15, 0.2) is 5.65 Å². The largest absolute Gasteiger partial charge is 0.328 e. The third kappa shape index (κ3) is 2.36. The molecule has 0 aliphatic carbocycles. The molecular weight excluding hydrogens is 202 g/mol. The molecule has 2 rings (SSSR count). The van der Waals surface area contributed by atoms with E-state index >= 15 is 0 Å². The molecule has 0 aliphatic heterocycles. The number of aryl methyl sites for hydroxylation is 2. The van der Waals surface area contributed by atoms with Crippen LogP contribution in [0.25, 0.3) is 5.65 Å². The molecule has 2 heterocycles. The van der Waals surface area contributed by atoms with Crippen LogP contribution < -0.4 is 5.73 Å². The van der Waals surface area contributed by atoms with Crippen LogP contribution in [0.4, 0.5) is 0 Å². The highest BCUT2D eigenvalue weighted by atomic mass is 15.3. The van der Waals surface area contributed by atoms with E-state index in [4.69, 9.17) is 5.73 Å². The molecule has 86 valence electrons. The van der Waals surface area contributed by atoms with Crippen molar-refractivity contribution in [3.63, 3.8) is 0 Å². The van der Waals surface area contributed by atoms with Gasteiger partial charge in [-0.3, -0.25) is 4.40 Å². The zero-order valence-electron chi connectivity index (χ0n) is 9.72. The lowest BCUT2D eigenvalue weighted by Crippen LogP contribution is -2.14. The first-order valence-corrected chi connectivity index (χ1v) is 5.58. The molecule has 2 aromatic heterocycles. The van der Waals surface area contributed by atoms with E-state index in [1.54, 1.807) is 6.33 Å². The predicted molar refractivity (Wildman–Crippen MR) is 62.1 cm³/mol. The lowest BCUT2D eigenvalue weighted by molar-refractivity contribution is 0.611. The molecule has 0 fully saturated rings. The summed E-state index contributed by atoms with van der Waals surface area (Å²) in [5, 5.41) is 8.28. The van der Waals surface area contributed by atoms with Gasteiger partial charge in [-0.1, -0.05) is 0 Å². The summed E-state index contributed by atoms with van der Waals surface area (Å²) >= 11 is 0. The monoisotopic (exact) mass is 219 g/mol. The zero-order valence-corrected chi connectivity index (χ0v) is 9.72. The van der Waals surface area contributed by atoms with E-state index in [-0.39, 0.29) is 6.04 Å². The van der Waals surface area contributed by atoms with Gasteiger partial charge in [-0.15, -0.1) is 10.2 Å². The van der Waals surface area contributed by atoms with Crippen LogP contribution >= 0.6 is 0 Å². The van der Waals surface area contributed by atoms with Crippen molar-refractivity contribution < 1.29 is 0 Å². The Morgan fingerprint density at radius 2 is 2.25 bits per heavy atom. The fourth-order valence-electron chi connectivity index (χ4n) is 1.69. The van der Waals surface area contributed by atoms with Gasteiger partial charge in [-0.05, 0) is 26.7 Å². The van der Waals surface area contributed by atoms with Gasteiger partial charge in [0.05, 0.1) is 0 Å². The third-order valence-corrected chi connectivity index (χ3v) is 2.57. The zero-order chi connectivity index (χ0) is 11.5. The van der Waals surface area contributed by atoms with Gasteiger partial charge in [-0.25, -0.2) is 4.98 Å². The van der Waals surface area contributed by atoms with Crippen LogP contribution in [0.3, 0.4) is 0 Å². The second-order valence-corrected chi connectivity index (χ2v) is 4.24. The molecule has 16 heavy (non-hydrogen) atoms. The highest BCUT2D eigenvalue weighted by molar-refractivity contribution is 5.37. The fraction of sp³-hybridized carbons (Fsp3) is 0.545. The predicted octanol–water partition coefficient (Wildman–Crippen LogP) is 1.10. The Bertz CT molecular complexity index is 474. The molecule has 0 bridgehead atoms. The first-order chi connectivity index (χ1) is 7.66. The van der Waals surface area contributed by atoms with E-state index in [0.29, 0.717) is 0 Å². The molecule has 1 unspecified atom stereocenters. The summed E-state index contributed by atoms with van der Waals surface area (Å²) in [5.74, 6) is 0.961. The normalized spacial score (nSPS) is 13.2. The molecule has 0 spiro atoms. The van der Waals surface area contributed by atoms with E-state index in [0.717, 1.165) is 36.4 Å². The van der Waals surface area contributed by atoms with E-state index in [1.807, 2.05) is 24.3 Å². The van der Waals surface area contributed by atoms with Crippen molar-refractivity contribution in [3.8, 4) is 0 Å². The number of nitrogens with two attached hydrogens (primary N) is 1. The van der Waals surface area contributed by atoms with Crippen molar-refractivity contribution in [2.75, 3.05) is 0 Å². The Balaban J connectivity index is 2.13. The van der Waals surface area contributed by atoms with Gasteiger partial charge < -0.3 is 5.73 Å². The van der Waals surface area contributed by atoms with Crippen molar-refractivity contribution in [1.82, 2.24) is 19.6 Å². The van der Waals surface area contributed by atoms with Crippen molar-refractivity contribution in [2.45, 2.75) is 39.2 Å². The Morgan fingerprint density at radius 1 is 1.44 bits per heavy atom. The van der Waals surface area contributed by atoms with Crippen LogP contribution in [-0.2, 0) is 6.42 Å². The number of fused-ring (bicyclic) bond motifs is 1. The minimum Gasteiger partial charge on any atom is -0.328 e. The van der Waals surface area contributed by atoms with Crippen LogP contribution in [-0.4, -0.2) is 25.6 Å². The maximum absolute atomic E-state index is 5.71. The highest BCUT2D eigenvalue weighted by Gasteiger charge is 2.05. The van der Waals surface area contributed by atoms with Crippen LogP contribution in [0.5, 0.6) is 0 Å². The standard InChI is InChI=1S/C11H17N5/c1-8(12)4-3-5-10-14-15-11-6-9(2)13-7-16(10)11/h6-8H,3-5,12H2,1-2H3. The smallest absolute Gasteiger partial charge is 0.163 e. The summed E-state index contributed by atoms with van der Waals surface area (Å²) in [5.41, 5.74) is 7.53. The van der Waals surface area contributed by atoms with Crippen molar-refractivity contribution >= 4 is 5.65 Å². The number of rotatable bonds is 4. The Kier molecular flexibility index (Phi) is 3.14. The third-order valence-electron chi connectivity index (χ3n) is 2.57. The molecule has 5 heteroatoms. The van der Waals surface area contributed by atoms with Gasteiger partial charge in [0, 0.05) is 24.2 Å². The van der Waals surface area contributed by atoms with Crippen molar-refractivity contribution in [2.24, 2.45) is 5.73 Å². The van der Waals surface area contributed by atoms with Crippen molar-refractivity contribution in [3.05, 3.63) is 23.9 Å². The number of nitrogens with zero attached hydrogens (tertiary/aromatic N) is 4. The quantitative estimate of drug-likeness (QED) is 0.836. The number of aromatic nitrogens is 4. The average Bonchev–Trinajstić information content (AvgIpc) is 2.60. The SMILES string of the molecule is Cc1cc2nnc(CCCC(C)N)n2cn1. The lowest BCUT2D eigenvalue weighted by atomic mass is 10.1. The van der Waals surface area contributed by atoms with Gasteiger partial charge in [0.1, 0.15) is 12.2 Å². The molecule has 2 aromatic rings. The minimum atomic E-state index is 0.250. The molecule has 0 aliphatic rings. The van der Waals surface area contributed by atoms with E-state index in [2.05, 4.69) is 15.2 Å². The summed E-state index contributed by atoms with van der Waals surface area (Å²) in [6.07, 6.45) is 4.72. The first-order valence-electron chi connectivity index (χ1n) is 5.58. The van der Waals surface area contributed by atoms with Crippen LogP contribution in [0.15, 0.2) is 12.4 Å². The molecule has 0 radical (unpaired) electrons. The number of hydrogen-bond acceptors (Lipinski definition) is 4. The topological polar surface area (TPSA) is 69.1 Å². The summed E-state index contributed by atoms with van der Waals surface area (Å²) in [6, 6.07) is 2.18. The van der Waals surface area contributed by atoms with Crippen LogP contribution in [0.1, 0.15) is 31.3 Å². The van der Waals surface area contributed by atoms with Gasteiger partial charge in [0.2, 0.25) is 0 Å². The van der Waals surface area contributed by atoms with Gasteiger partial charge in [-0.2, -0.15) is 0 Å². The fourth-order valence-corrected chi connectivity index (χ4v) is 1.69. The molecule has 2 N–H and O–H groups in total. The number of hydrogen-bond donors (Lipinski definition) is 1. The molecule has 0 saturated carbocycles. The second-order valence-electron chi connectivity index (χ2n) is 4.24. The minimum absolute atomic E-state index is 0.250. The summed E-state index contributed by atoms with van der Waals surface area (Å²) < 4.78 is 1.94. The molecule has 0 amide bonds. The maximum Gasteiger partial charge on any atom is 0.163 e. The Morgan fingerprint density at radius 3 is 3.00 bits per heavy atom. The van der Waals surface area contributed by atoms with Gasteiger partial charge >= 0.3 is 0 Å². The van der Waals surface area contributed by atoms with E-state index < -0.39 is 0 Å². The highest BCUT2D eigenvalue weighted by Crippen LogP contribution is 2.07. The maximum atomic E-state index is 5.71. The molecule has 0 aromatic carbocycles. The summed E-state index contributed by atoms with van der Waals surface area (Å²) in [6.45, 7) is 3.97. The Hall–Kier alpha value is -1.49.